The van der Waals surface area contributed by atoms with Crippen LogP contribution in [0.25, 0.3) is 16.0 Å². The van der Waals surface area contributed by atoms with Gasteiger partial charge in [-0.2, -0.15) is 0 Å². The van der Waals surface area contributed by atoms with E-state index >= 15 is 0 Å². The van der Waals surface area contributed by atoms with E-state index in [1.54, 1.807) is 25.3 Å². The zero-order valence-electron chi connectivity index (χ0n) is 25.3. The van der Waals surface area contributed by atoms with Crippen molar-refractivity contribution < 1.29 is 28.9 Å². The molecule has 4 aromatic rings. The Morgan fingerprint density at radius 1 is 1.02 bits per heavy atom. The molecule has 2 heterocycles. The van der Waals surface area contributed by atoms with E-state index in [0.29, 0.717) is 58.2 Å². The summed E-state index contributed by atoms with van der Waals surface area (Å²) >= 11 is 1.28. The average molecular weight is 601 g/mol. The number of aryl methyl sites for hydroxylation is 2. The Morgan fingerprint density at radius 3 is 2.53 bits per heavy atom. The van der Waals surface area contributed by atoms with Crippen molar-refractivity contribution in [2.45, 2.75) is 47.1 Å². The molecule has 43 heavy (non-hydrogen) atoms. The van der Waals surface area contributed by atoms with Gasteiger partial charge in [0.15, 0.2) is 16.6 Å². The molecule has 1 unspecified atom stereocenters. The van der Waals surface area contributed by atoms with Crippen molar-refractivity contribution in [1.82, 2.24) is 4.98 Å². The van der Waals surface area contributed by atoms with Crippen LogP contribution in [0.15, 0.2) is 60.2 Å². The van der Waals surface area contributed by atoms with Gasteiger partial charge in [0.25, 0.3) is 5.78 Å². The van der Waals surface area contributed by atoms with Gasteiger partial charge in [0.05, 0.1) is 42.2 Å². The predicted octanol–water partition coefficient (Wildman–Crippen LogP) is 7.37. The molecule has 1 saturated heterocycles. The summed E-state index contributed by atoms with van der Waals surface area (Å²) in [5.74, 6) is 0.408. The van der Waals surface area contributed by atoms with Crippen LogP contribution in [0.1, 0.15) is 55.5 Å². The number of aliphatic hydroxyl groups excluding tert-OH is 1. The van der Waals surface area contributed by atoms with Gasteiger partial charge in [-0.1, -0.05) is 48.9 Å². The van der Waals surface area contributed by atoms with Gasteiger partial charge in [-0.3, -0.25) is 14.5 Å². The minimum Gasteiger partial charge on any atom is -0.507 e. The molecule has 1 aliphatic heterocycles. The number of nitrogens with zero attached hydrogens (tertiary/aromatic N) is 2. The summed E-state index contributed by atoms with van der Waals surface area (Å²) in [5, 5.41) is 12.0. The molecule has 0 saturated carbocycles. The first kappa shape index (κ1) is 30.1. The summed E-state index contributed by atoms with van der Waals surface area (Å²) in [5.41, 5.74) is 3.43. The molecular formula is C34H36N2O6S. The van der Waals surface area contributed by atoms with Crippen molar-refractivity contribution in [2.75, 3.05) is 25.2 Å². The number of rotatable bonds is 10. The number of amides is 1. The molecule has 1 atom stereocenters. The Balaban J connectivity index is 1.68. The van der Waals surface area contributed by atoms with Crippen molar-refractivity contribution in [3.63, 3.8) is 0 Å². The van der Waals surface area contributed by atoms with E-state index in [-0.39, 0.29) is 11.3 Å². The summed E-state index contributed by atoms with van der Waals surface area (Å²) in [6.45, 7) is 11.0. The van der Waals surface area contributed by atoms with Gasteiger partial charge < -0.3 is 19.3 Å². The fourth-order valence-electron chi connectivity index (χ4n) is 5.11. The van der Waals surface area contributed by atoms with Crippen molar-refractivity contribution in [3.8, 4) is 17.2 Å². The maximum absolute atomic E-state index is 13.8. The van der Waals surface area contributed by atoms with Crippen LogP contribution in [-0.2, 0) is 9.59 Å². The number of hydrogen-bond donors (Lipinski definition) is 1. The van der Waals surface area contributed by atoms with Gasteiger partial charge in [-0.15, -0.1) is 0 Å². The van der Waals surface area contributed by atoms with E-state index in [9.17, 15) is 14.7 Å². The van der Waals surface area contributed by atoms with E-state index in [1.807, 2.05) is 57.2 Å². The van der Waals surface area contributed by atoms with Gasteiger partial charge in [-0.05, 0) is 80.6 Å². The van der Waals surface area contributed by atoms with Crippen LogP contribution in [0.3, 0.4) is 0 Å². The monoisotopic (exact) mass is 600 g/mol. The smallest absolute Gasteiger partial charge is 0.301 e. The quantitative estimate of drug-likeness (QED) is 0.115. The topological polar surface area (TPSA) is 98.2 Å². The summed E-state index contributed by atoms with van der Waals surface area (Å²) in [4.78, 5) is 33.6. The molecule has 0 aliphatic carbocycles. The van der Waals surface area contributed by atoms with E-state index in [0.717, 1.165) is 22.2 Å². The van der Waals surface area contributed by atoms with E-state index in [4.69, 9.17) is 19.2 Å². The number of fused-ring (bicyclic) bond motifs is 1. The molecule has 3 aromatic carbocycles. The highest BCUT2D eigenvalue weighted by Gasteiger charge is 2.48. The molecular weight excluding hydrogens is 564 g/mol. The number of methoxy groups -OCH3 is 1. The number of Topliss-reactive ketones (excluding diaryl/α,β-unsaturated/α-hetero) is 1. The van der Waals surface area contributed by atoms with Crippen molar-refractivity contribution in [3.05, 3.63) is 82.4 Å². The van der Waals surface area contributed by atoms with Crippen LogP contribution in [0, 0.1) is 19.8 Å². The second kappa shape index (κ2) is 12.5. The number of ether oxygens (including phenoxy) is 3. The number of carbonyl (C=O) groups is 2. The first-order valence-electron chi connectivity index (χ1n) is 14.4. The Hall–Kier alpha value is -4.37. The molecule has 9 heteroatoms. The Labute approximate surface area is 255 Å². The summed E-state index contributed by atoms with van der Waals surface area (Å²) in [7, 11) is 1.55. The number of anilines is 1. The third kappa shape index (κ3) is 5.95. The van der Waals surface area contributed by atoms with Crippen LogP contribution >= 0.6 is 11.3 Å². The Morgan fingerprint density at radius 2 is 1.81 bits per heavy atom. The SMILES string of the molecule is CCOc1ccc2nc(N3C(=O)C(=O)C(=C(O)c4cc(C)ccc4C)C3c3ccc(OCCC(C)C)c(OC)c3)sc2c1. The highest BCUT2D eigenvalue weighted by Crippen LogP contribution is 2.46. The van der Waals surface area contributed by atoms with Gasteiger partial charge >= 0.3 is 5.91 Å². The molecule has 1 aromatic heterocycles. The molecule has 224 valence electrons. The lowest BCUT2D eigenvalue weighted by atomic mass is 9.93. The predicted molar refractivity (Wildman–Crippen MR) is 169 cm³/mol. The highest BCUT2D eigenvalue weighted by atomic mass is 32.1. The third-order valence-corrected chi connectivity index (χ3v) is 8.43. The molecule has 5 rings (SSSR count). The maximum atomic E-state index is 13.8. The van der Waals surface area contributed by atoms with Crippen LogP contribution < -0.4 is 19.1 Å². The third-order valence-electron chi connectivity index (χ3n) is 7.41. The minimum atomic E-state index is -0.953. The number of ketones is 1. The molecule has 8 nitrogen and oxygen atoms in total. The molecule has 1 N–H and O–H groups in total. The number of thiazole rings is 1. The van der Waals surface area contributed by atoms with E-state index in [2.05, 4.69) is 13.8 Å². The van der Waals surface area contributed by atoms with E-state index in [1.165, 1.54) is 16.2 Å². The first-order valence-corrected chi connectivity index (χ1v) is 15.2. The molecule has 0 bridgehead atoms. The van der Waals surface area contributed by atoms with Crippen molar-refractivity contribution in [2.24, 2.45) is 5.92 Å². The van der Waals surface area contributed by atoms with Crippen LogP contribution in [0.5, 0.6) is 17.2 Å². The number of aliphatic hydroxyl groups is 1. The molecule has 0 spiro atoms. The Kier molecular flexibility index (Phi) is 8.73. The second-order valence-electron chi connectivity index (χ2n) is 11.0. The lowest BCUT2D eigenvalue weighted by Crippen LogP contribution is -2.29. The number of carbonyl (C=O) groups excluding carboxylic acids is 2. The van der Waals surface area contributed by atoms with Crippen molar-refractivity contribution in [1.29, 1.82) is 0 Å². The molecule has 1 amide bonds. The minimum absolute atomic E-state index is 0.0107. The zero-order valence-corrected chi connectivity index (χ0v) is 26.1. The average Bonchev–Trinajstić information content (AvgIpc) is 3.51. The van der Waals surface area contributed by atoms with Crippen molar-refractivity contribution >= 4 is 44.1 Å². The number of benzene rings is 3. The first-order chi connectivity index (χ1) is 20.6. The fraction of sp³-hybridized carbons (Fsp3) is 0.324. The largest absolute Gasteiger partial charge is 0.507 e. The fourth-order valence-corrected chi connectivity index (χ4v) is 6.13. The van der Waals surface area contributed by atoms with Gasteiger partial charge in [0.2, 0.25) is 0 Å². The van der Waals surface area contributed by atoms with Gasteiger partial charge in [0.1, 0.15) is 11.5 Å². The normalized spacial score (nSPS) is 16.3. The standard InChI is InChI=1S/C34H36N2O6S/c1-7-41-23-11-12-25-28(18-23)43-34(35-25)36-30(22-10-13-26(27(17-22)40-6)42-15-14-19(2)3)29(32(38)33(36)39)31(37)24-16-20(4)8-9-21(24)5/h8-13,16-19,30,37H,7,14-15H2,1-6H3. The number of hydrogen-bond acceptors (Lipinski definition) is 8. The van der Waals surface area contributed by atoms with Crippen LogP contribution in [0.2, 0.25) is 0 Å². The lowest BCUT2D eigenvalue weighted by Gasteiger charge is -2.24. The summed E-state index contributed by atoms with van der Waals surface area (Å²) in [6, 6.07) is 15.5. The van der Waals surface area contributed by atoms with Gasteiger partial charge in [0, 0.05) is 5.56 Å². The molecule has 0 radical (unpaired) electrons. The zero-order chi connectivity index (χ0) is 30.8. The summed E-state index contributed by atoms with van der Waals surface area (Å²) < 4.78 is 18.1. The van der Waals surface area contributed by atoms with Crippen LogP contribution in [-0.4, -0.2) is 42.1 Å². The highest BCUT2D eigenvalue weighted by molar-refractivity contribution is 7.22. The van der Waals surface area contributed by atoms with E-state index < -0.39 is 17.7 Å². The molecule has 1 aliphatic rings. The number of aromatic nitrogens is 1. The second-order valence-corrected chi connectivity index (χ2v) is 12.0. The Bertz CT molecular complexity index is 1720. The lowest BCUT2D eigenvalue weighted by molar-refractivity contribution is -0.132. The van der Waals surface area contributed by atoms with Gasteiger partial charge in [-0.25, -0.2) is 4.98 Å². The van der Waals surface area contributed by atoms with Crippen LogP contribution in [0.4, 0.5) is 5.13 Å². The molecule has 1 fully saturated rings. The summed E-state index contributed by atoms with van der Waals surface area (Å²) in [6.07, 6.45) is 0.879. The maximum Gasteiger partial charge on any atom is 0.301 e.